The Kier molecular flexibility index (Phi) is 4.52. The van der Waals surface area contributed by atoms with Crippen LogP contribution in [0, 0.1) is 5.82 Å². The van der Waals surface area contributed by atoms with Gasteiger partial charge in [-0.15, -0.1) is 13.2 Å². The summed E-state index contributed by atoms with van der Waals surface area (Å²) in [4.78, 5) is 4.20. The van der Waals surface area contributed by atoms with E-state index in [2.05, 4.69) is 15.0 Å². The highest BCUT2D eigenvalue weighted by Crippen LogP contribution is 2.44. The van der Waals surface area contributed by atoms with Crippen LogP contribution in [0.4, 0.5) is 23.2 Å². The van der Waals surface area contributed by atoms with Crippen LogP contribution < -0.4 is 15.8 Å². The number of ether oxygens (including phenoxy) is 1. The van der Waals surface area contributed by atoms with Crippen LogP contribution in [0.5, 0.6) is 5.75 Å². The number of hydrogen-bond donors (Lipinski definition) is 2. The third-order valence-corrected chi connectivity index (χ3v) is 3.74. The molecule has 0 amide bonds. The Morgan fingerprint density at radius 3 is 2.52 bits per heavy atom. The number of halogens is 4. The summed E-state index contributed by atoms with van der Waals surface area (Å²) in [5, 5.41) is 2.60. The third-order valence-electron chi connectivity index (χ3n) is 3.74. The molecule has 0 aliphatic heterocycles. The first-order valence-corrected chi connectivity index (χ1v) is 7.53. The van der Waals surface area contributed by atoms with E-state index in [4.69, 9.17) is 5.73 Å². The van der Waals surface area contributed by atoms with E-state index in [1.54, 1.807) is 18.2 Å². The monoisotopic (exact) mass is 353 g/mol. The second-order valence-corrected chi connectivity index (χ2v) is 5.61. The average Bonchev–Trinajstić information content (AvgIpc) is 3.27. The van der Waals surface area contributed by atoms with Gasteiger partial charge in [-0.3, -0.25) is 0 Å². The zero-order chi connectivity index (χ0) is 18.0. The van der Waals surface area contributed by atoms with Gasteiger partial charge in [-0.1, -0.05) is 30.3 Å². The van der Waals surface area contributed by atoms with Crippen molar-refractivity contribution in [2.75, 3.05) is 5.32 Å². The van der Waals surface area contributed by atoms with Gasteiger partial charge in [0.05, 0.1) is 11.7 Å². The van der Waals surface area contributed by atoms with Gasteiger partial charge in [0.15, 0.2) is 11.7 Å². The number of anilines is 1. The molecule has 1 fully saturated rings. The van der Waals surface area contributed by atoms with Crippen LogP contribution in [0.25, 0.3) is 0 Å². The summed E-state index contributed by atoms with van der Waals surface area (Å²) in [5.41, 5.74) is 6.37. The molecule has 2 atom stereocenters. The molecule has 4 nitrogen and oxygen atoms in total. The summed E-state index contributed by atoms with van der Waals surface area (Å²) in [6, 6.07) is 11.7. The van der Waals surface area contributed by atoms with E-state index in [0.717, 1.165) is 0 Å². The lowest BCUT2D eigenvalue weighted by Gasteiger charge is -2.14. The van der Waals surface area contributed by atoms with E-state index in [-0.39, 0.29) is 29.4 Å². The van der Waals surface area contributed by atoms with Crippen molar-refractivity contribution in [1.82, 2.24) is 0 Å². The average molecular weight is 353 g/mol. The minimum Gasteiger partial charge on any atom is -0.404 e. The van der Waals surface area contributed by atoms with Crippen LogP contribution in [-0.2, 0) is 0 Å². The predicted molar refractivity (Wildman–Crippen MR) is 85.9 cm³/mol. The van der Waals surface area contributed by atoms with Gasteiger partial charge in [-0.2, -0.15) is 0 Å². The Bertz CT molecular complexity index is 791. The molecule has 1 aliphatic rings. The third kappa shape index (κ3) is 4.40. The molecule has 2 aromatic carbocycles. The molecule has 1 saturated carbocycles. The quantitative estimate of drug-likeness (QED) is 0.496. The molecule has 8 heteroatoms. The molecule has 25 heavy (non-hydrogen) atoms. The van der Waals surface area contributed by atoms with Gasteiger partial charge in [0.1, 0.15) is 5.82 Å². The normalized spacial score (nSPS) is 20.2. The molecule has 0 radical (unpaired) electrons. The molecule has 0 spiro atoms. The van der Waals surface area contributed by atoms with Gasteiger partial charge in [-0.05, 0) is 30.2 Å². The van der Waals surface area contributed by atoms with Gasteiger partial charge in [0, 0.05) is 5.92 Å². The van der Waals surface area contributed by atoms with E-state index in [1.165, 1.54) is 30.3 Å². The number of nitrogens with two attached hydrogens (primary N) is 1. The predicted octanol–water partition coefficient (Wildman–Crippen LogP) is 4.01. The lowest BCUT2D eigenvalue weighted by Crippen LogP contribution is -2.25. The Hall–Kier alpha value is -2.77. The number of nitrogens with zero attached hydrogens (tertiary/aromatic N) is 1. The first kappa shape index (κ1) is 17.1. The Labute approximate surface area is 141 Å². The number of hydrogen-bond acceptors (Lipinski definition) is 2. The molecule has 1 aliphatic carbocycles. The molecule has 3 N–H and O–H groups in total. The van der Waals surface area contributed by atoms with Crippen molar-refractivity contribution in [3.8, 4) is 5.75 Å². The molecule has 0 saturated heterocycles. The van der Waals surface area contributed by atoms with Crippen molar-refractivity contribution in [3.63, 3.8) is 0 Å². The fourth-order valence-corrected chi connectivity index (χ4v) is 2.57. The summed E-state index contributed by atoms with van der Waals surface area (Å²) in [5.74, 6) is -0.847. The summed E-state index contributed by atoms with van der Waals surface area (Å²) in [6.07, 6.45) is -4.18. The largest absolute Gasteiger partial charge is 0.573 e. The summed E-state index contributed by atoms with van der Waals surface area (Å²) >= 11 is 0. The van der Waals surface area contributed by atoms with Crippen molar-refractivity contribution < 1.29 is 22.3 Å². The SMILES string of the molecule is NC(=NC1CC1c1ccccc1F)Nc1ccccc1OC(F)(F)F. The highest BCUT2D eigenvalue weighted by atomic mass is 19.4. The number of para-hydroxylation sites is 2. The number of benzene rings is 2. The molecule has 0 aromatic heterocycles. The lowest BCUT2D eigenvalue weighted by molar-refractivity contribution is -0.274. The van der Waals surface area contributed by atoms with Gasteiger partial charge in [-0.25, -0.2) is 9.38 Å². The fraction of sp³-hybridized carbons (Fsp3) is 0.235. The highest BCUT2D eigenvalue weighted by molar-refractivity contribution is 5.94. The fourth-order valence-electron chi connectivity index (χ4n) is 2.57. The standard InChI is InChI=1S/C17H15F4N3O/c18-12-6-2-1-5-10(12)11-9-14(11)24-16(22)23-13-7-3-4-8-15(13)25-17(19,20)21/h1-8,11,14H,9H2,(H3,22,23,24). The highest BCUT2D eigenvalue weighted by Gasteiger charge is 2.40. The molecule has 2 unspecified atom stereocenters. The minimum absolute atomic E-state index is 0.0455. The topological polar surface area (TPSA) is 59.6 Å². The summed E-state index contributed by atoms with van der Waals surface area (Å²) in [7, 11) is 0. The van der Waals surface area contributed by atoms with Gasteiger partial charge >= 0.3 is 6.36 Å². The number of nitrogens with one attached hydrogen (secondary N) is 1. The number of alkyl halides is 3. The van der Waals surface area contributed by atoms with Crippen molar-refractivity contribution in [2.24, 2.45) is 10.7 Å². The van der Waals surface area contributed by atoms with E-state index in [9.17, 15) is 17.6 Å². The van der Waals surface area contributed by atoms with Crippen LogP contribution in [0.1, 0.15) is 17.9 Å². The van der Waals surface area contributed by atoms with Crippen LogP contribution in [0.15, 0.2) is 53.5 Å². The smallest absolute Gasteiger partial charge is 0.404 e. The Morgan fingerprint density at radius 2 is 1.80 bits per heavy atom. The minimum atomic E-state index is -4.81. The first-order valence-electron chi connectivity index (χ1n) is 7.53. The van der Waals surface area contributed by atoms with Gasteiger partial charge in [0.25, 0.3) is 0 Å². The maximum atomic E-state index is 13.7. The van der Waals surface area contributed by atoms with Crippen molar-refractivity contribution >= 4 is 11.6 Å². The summed E-state index contributed by atoms with van der Waals surface area (Å²) < 4.78 is 54.9. The molecule has 0 bridgehead atoms. The lowest BCUT2D eigenvalue weighted by atomic mass is 10.1. The number of aliphatic imine (C=N–C) groups is 1. The Balaban J connectivity index is 1.69. The maximum Gasteiger partial charge on any atom is 0.573 e. The first-order chi connectivity index (χ1) is 11.8. The van der Waals surface area contributed by atoms with Crippen molar-refractivity contribution in [2.45, 2.75) is 24.7 Å². The number of guanidine groups is 1. The Morgan fingerprint density at radius 1 is 1.12 bits per heavy atom. The van der Waals surface area contributed by atoms with Crippen LogP contribution in [-0.4, -0.2) is 18.4 Å². The second kappa shape index (κ2) is 6.62. The number of rotatable bonds is 4. The maximum absolute atomic E-state index is 13.7. The van der Waals surface area contributed by atoms with Crippen molar-refractivity contribution in [1.29, 1.82) is 0 Å². The van der Waals surface area contributed by atoms with E-state index >= 15 is 0 Å². The molecular weight excluding hydrogens is 338 g/mol. The van der Waals surface area contributed by atoms with E-state index in [1.807, 2.05) is 0 Å². The molecule has 3 rings (SSSR count). The molecule has 132 valence electrons. The second-order valence-electron chi connectivity index (χ2n) is 5.61. The zero-order valence-corrected chi connectivity index (χ0v) is 12.9. The summed E-state index contributed by atoms with van der Waals surface area (Å²) in [6.45, 7) is 0. The van der Waals surface area contributed by atoms with Crippen LogP contribution in [0.3, 0.4) is 0 Å². The van der Waals surface area contributed by atoms with Crippen LogP contribution >= 0.6 is 0 Å². The molecular formula is C17H15F4N3O. The van der Waals surface area contributed by atoms with Gasteiger partial charge in [0.2, 0.25) is 0 Å². The molecule has 2 aromatic rings. The van der Waals surface area contributed by atoms with Crippen molar-refractivity contribution in [3.05, 3.63) is 59.9 Å². The van der Waals surface area contributed by atoms with Gasteiger partial charge < -0.3 is 15.8 Å². The van der Waals surface area contributed by atoms with E-state index < -0.39 is 12.1 Å². The zero-order valence-electron chi connectivity index (χ0n) is 12.9. The molecule has 0 heterocycles. The van der Waals surface area contributed by atoms with Crippen LogP contribution in [0.2, 0.25) is 0 Å². The van der Waals surface area contributed by atoms with E-state index in [0.29, 0.717) is 12.0 Å².